The molecule has 0 spiro atoms. The molecule has 0 saturated carbocycles. The summed E-state index contributed by atoms with van der Waals surface area (Å²) >= 11 is 1.39. The van der Waals surface area contributed by atoms with E-state index in [9.17, 15) is 9.59 Å². The third kappa shape index (κ3) is 2.97. The zero-order chi connectivity index (χ0) is 13.8. The van der Waals surface area contributed by atoms with Gasteiger partial charge in [-0.3, -0.25) is 9.78 Å². The number of carboxylic acid groups (broad SMARTS) is 1. The molecule has 0 fully saturated rings. The summed E-state index contributed by atoms with van der Waals surface area (Å²) in [4.78, 5) is 28.5. The van der Waals surface area contributed by atoms with Gasteiger partial charge < -0.3 is 10.4 Å². The number of anilines is 1. The standard InChI is InChI=1S/C13H12N2O3S/c1-2-8-3-4-11(19-8)12(16)15-10-7-14-6-5-9(10)13(17)18/h3-7H,2H2,1H3,(H,15,16)(H,17,18). The van der Waals surface area contributed by atoms with Gasteiger partial charge in [-0.1, -0.05) is 6.92 Å². The molecule has 2 N–H and O–H groups in total. The van der Waals surface area contributed by atoms with Crippen molar-refractivity contribution in [2.75, 3.05) is 5.32 Å². The maximum absolute atomic E-state index is 12.0. The molecule has 0 aliphatic heterocycles. The predicted molar refractivity (Wildman–Crippen MR) is 72.8 cm³/mol. The van der Waals surface area contributed by atoms with E-state index in [1.165, 1.54) is 29.8 Å². The van der Waals surface area contributed by atoms with Crippen molar-refractivity contribution in [2.24, 2.45) is 0 Å². The van der Waals surface area contributed by atoms with Crippen LogP contribution in [0.25, 0.3) is 0 Å². The number of aryl methyl sites for hydroxylation is 1. The van der Waals surface area contributed by atoms with Gasteiger partial charge in [0, 0.05) is 11.1 Å². The molecular weight excluding hydrogens is 264 g/mol. The quantitative estimate of drug-likeness (QED) is 0.899. The lowest BCUT2D eigenvalue weighted by atomic mass is 10.2. The van der Waals surface area contributed by atoms with Crippen LogP contribution in [0.15, 0.2) is 30.6 Å². The smallest absolute Gasteiger partial charge is 0.337 e. The highest BCUT2D eigenvalue weighted by molar-refractivity contribution is 7.14. The molecule has 2 aromatic heterocycles. The van der Waals surface area contributed by atoms with Crippen LogP contribution < -0.4 is 5.32 Å². The van der Waals surface area contributed by atoms with E-state index in [1.54, 1.807) is 6.07 Å². The molecule has 0 aliphatic carbocycles. The maximum Gasteiger partial charge on any atom is 0.337 e. The average Bonchev–Trinajstić information content (AvgIpc) is 2.88. The van der Waals surface area contributed by atoms with Crippen molar-refractivity contribution in [3.8, 4) is 0 Å². The first kappa shape index (κ1) is 13.2. The molecule has 98 valence electrons. The highest BCUT2D eigenvalue weighted by Crippen LogP contribution is 2.20. The third-order valence-electron chi connectivity index (χ3n) is 2.53. The summed E-state index contributed by atoms with van der Waals surface area (Å²) in [5.74, 6) is -1.42. The van der Waals surface area contributed by atoms with Gasteiger partial charge in [0.2, 0.25) is 0 Å². The van der Waals surface area contributed by atoms with Crippen LogP contribution >= 0.6 is 11.3 Å². The van der Waals surface area contributed by atoms with Crippen molar-refractivity contribution in [1.82, 2.24) is 4.98 Å². The van der Waals surface area contributed by atoms with E-state index >= 15 is 0 Å². The predicted octanol–water partition coefficient (Wildman–Crippen LogP) is 2.66. The number of nitrogens with one attached hydrogen (secondary N) is 1. The summed E-state index contributed by atoms with van der Waals surface area (Å²) in [6, 6.07) is 4.97. The van der Waals surface area contributed by atoms with Crippen molar-refractivity contribution >= 4 is 28.9 Å². The second kappa shape index (κ2) is 5.62. The summed E-state index contributed by atoms with van der Waals surface area (Å²) in [6.45, 7) is 2.01. The van der Waals surface area contributed by atoms with Gasteiger partial charge in [0.15, 0.2) is 0 Å². The van der Waals surface area contributed by atoms with Crippen molar-refractivity contribution in [1.29, 1.82) is 0 Å². The van der Waals surface area contributed by atoms with Gasteiger partial charge in [-0.25, -0.2) is 4.79 Å². The number of rotatable bonds is 4. The topological polar surface area (TPSA) is 79.3 Å². The van der Waals surface area contributed by atoms with Crippen molar-refractivity contribution in [3.05, 3.63) is 45.9 Å². The second-order valence-corrected chi connectivity index (χ2v) is 4.97. The van der Waals surface area contributed by atoms with Gasteiger partial charge in [0.05, 0.1) is 22.3 Å². The molecule has 2 rings (SSSR count). The largest absolute Gasteiger partial charge is 0.478 e. The van der Waals surface area contributed by atoms with Gasteiger partial charge in [0.1, 0.15) is 0 Å². The summed E-state index contributed by atoms with van der Waals surface area (Å²) in [6.07, 6.45) is 3.57. The average molecular weight is 276 g/mol. The number of nitrogens with zero attached hydrogens (tertiary/aromatic N) is 1. The molecule has 0 bridgehead atoms. The molecule has 5 nitrogen and oxygen atoms in total. The molecule has 6 heteroatoms. The van der Waals surface area contributed by atoms with Crippen molar-refractivity contribution < 1.29 is 14.7 Å². The number of hydrogen-bond acceptors (Lipinski definition) is 4. The van der Waals surface area contributed by atoms with Crippen LogP contribution in [-0.4, -0.2) is 22.0 Å². The first-order chi connectivity index (χ1) is 9.11. The minimum atomic E-state index is -1.10. The van der Waals surface area contributed by atoms with Crippen LogP contribution in [0.1, 0.15) is 31.8 Å². The number of aromatic nitrogens is 1. The fraction of sp³-hybridized carbons (Fsp3) is 0.154. The van der Waals surface area contributed by atoms with E-state index in [4.69, 9.17) is 5.11 Å². The second-order valence-electron chi connectivity index (χ2n) is 3.80. The Morgan fingerprint density at radius 3 is 2.79 bits per heavy atom. The first-order valence-corrected chi connectivity index (χ1v) is 6.51. The van der Waals surface area contributed by atoms with E-state index in [0.717, 1.165) is 11.3 Å². The van der Waals surface area contributed by atoms with E-state index in [0.29, 0.717) is 4.88 Å². The molecule has 1 amide bonds. The maximum atomic E-state index is 12.0. The molecule has 0 atom stereocenters. The Hall–Kier alpha value is -2.21. The molecule has 0 aromatic carbocycles. The molecule has 0 unspecified atom stereocenters. The molecule has 0 saturated heterocycles. The van der Waals surface area contributed by atoms with Crippen LogP contribution in [0.5, 0.6) is 0 Å². The third-order valence-corrected chi connectivity index (χ3v) is 3.76. The Labute approximate surface area is 113 Å². The van der Waals surface area contributed by atoms with Gasteiger partial charge in [0.25, 0.3) is 5.91 Å². The molecular formula is C13H12N2O3S. The van der Waals surface area contributed by atoms with Crippen LogP contribution in [0, 0.1) is 0 Å². The normalized spacial score (nSPS) is 10.2. The summed E-state index contributed by atoms with van der Waals surface area (Å²) in [7, 11) is 0. The SMILES string of the molecule is CCc1ccc(C(=O)Nc2cnccc2C(=O)O)s1. The van der Waals surface area contributed by atoms with Gasteiger partial charge in [-0.05, 0) is 24.6 Å². The number of hydrogen-bond donors (Lipinski definition) is 2. The fourth-order valence-electron chi connectivity index (χ4n) is 1.55. The number of carbonyl (C=O) groups is 2. The fourth-order valence-corrected chi connectivity index (χ4v) is 2.40. The van der Waals surface area contributed by atoms with Gasteiger partial charge in [-0.2, -0.15) is 0 Å². The Balaban J connectivity index is 2.21. The van der Waals surface area contributed by atoms with Crippen molar-refractivity contribution in [3.63, 3.8) is 0 Å². The first-order valence-electron chi connectivity index (χ1n) is 5.69. The number of amides is 1. The van der Waals surface area contributed by atoms with Crippen LogP contribution in [0.4, 0.5) is 5.69 Å². The zero-order valence-electron chi connectivity index (χ0n) is 10.2. The Morgan fingerprint density at radius 2 is 2.16 bits per heavy atom. The van der Waals surface area contributed by atoms with Crippen molar-refractivity contribution in [2.45, 2.75) is 13.3 Å². The zero-order valence-corrected chi connectivity index (χ0v) is 11.0. The monoisotopic (exact) mass is 276 g/mol. The molecule has 0 radical (unpaired) electrons. The number of carboxylic acids is 1. The van der Waals surface area contributed by atoms with E-state index in [2.05, 4.69) is 10.3 Å². The number of pyridine rings is 1. The highest BCUT2D eigenvalue weighted by atomic mass is 32.1. The number of thiophene rings is 1. The van der Waals surface area contributed by atoms with E-state index < -0.39 is 5.97 Å². The Bertz CT molecular complexity index is 622. The summed E-state index contributed by atoms with van der Waals surface area (Å²) in [5, 5.41) is 11.6. The molecule has 2 heterocycles. The number of carbonyl (C=O) groups excluding carboxylic acids is 1. The number of aromatic carboxylic acids is 1. The highest BCUT2D eigenvalue weighted by Gasteiger charge is 2.14. The van der Waals surface area contributed by atoms with Gasteiger partial charge >= 0.3 is 5.97 Å². The minimum Gasteiger partial charge on any atom is -0.478 e. The summed E-state index contributed by atoms with van der Waals surface area (Å²) < 4.78 is 0. The van der Waals surface area contributed by atoms with E-state index in [1.807, 2.05) is 13.0 Å². The summed E-state index contributed by atoms with van der Waals surface area (Å²) in [5.41, 5.74) is 0.224. The molecule has 0 aliphatic rings. The van der Waals surface area contributed by atoms with E-state index in [-0.39, 0.29) is 17.2 Å². The Morgan fingerprint density at radius 1 is 1.37 bits per heavy atom. The van der Waals surface area contributed by atoms with Crippen LogP contribution in [0.2, 0.25) is 0 Å². The van der Waals surface area contributed by atoms with Gasteiger partial charge in [-0.15, -0.1) is 11.3 Å². The minimum absolute atomic E-state index is 0.0237. The lowest BCUT2D eigenvalue weighted by Gasteiger charge is -2.06. The lowest BCUT2D eigenvalue weighted by Crippen LogP contribution is -2.13. The lowest BCUT2D eigenvalue weighted by molar-refractivity contribution is 0.0698. The van der Waals surface area contributed by atoms with Crippen LogP contribution in [0.3, 0.4) is 0 Å². The molecule has 2 aromatic rings. The molecule has 19 heavy (non-hydrogen) atoms. The van der Waals surface area contributed by atoms with Crippen LogP contribution in [-0.2, 0) is 6.42 Å². The Kier molecular flexibility index (Phi) is 3.91.